The minimum Gasteiger partial charge on any atom is -0.354 e. The second-order valence-electron chi connectivity index (χ2n) is 10.0. The highest BCUT2D eigenvalue weighted by molar-refractivity contribution is 7.92. The van der Waals surface area contributed by atoms with Crippen molar-refractivity contribution >= 4 is 39.1 Å². The number of carbonyl (C=O) groups excluding carboxylic acids is 2. The number of benzene rings is 3. The van der Waals surface area contributed by atoms with Gasteiger partial charge in [-0.05, 0) is 69.5 Å². The SMILES string of the molecule is CCCCNC(=O)C(C)N(Cc1ccccc1Cl)C(=O)CN(c1ccc(C)cc1C)S(=O)(=O)c1ccc(C)cc1. The summed E-state index contributed by atoms with van der Waals surface area (Å²) in [6.07, 6.45) is 1.73. The highest BCUT2D eigenvalue weighted by Gasteiger charge is 2.33. The number of unbranched alkanes of at least 4 members (excludes halogenated alkanes) is 1. The molecular formula is C31H38ClN3O4S. The number of carbonyl (C=O) groups is 2. The molecule has 1 N–H and O–H groups in total. The van der Waals surface area contributed by atoms with Gasteiger partial charge in [0.15, 0.2) is 0 Å². The third-order valence-electron chi connectivity index (χ3n) is 6.80. The van der Waals surface area contributed by atoms with Crippen LogP contribution in [0, 0.1) is 20.8 Å². The van der Waals surface area contributed by atoms with Crippen molar-refractivity contribution in [1.29, 1.82) is 0 Å². The summed E-state index contributed by atoms with van der Waals surface area (Å²) in [7, 11) is -4.12. The molecule has 40 heavy (non-hydrogen) atoms. The first-order valence-corrected chi connectivity index (χ1v) is 15.2. The molecule has 3 aromatic carbocycles. The fraction of sp³-hybridized carbons (Fsp3) is 0.355. The summed E-state index contributed by atoms with van der Waals surface area (Å²) in [6, 6.07) is 18.2. The minimum atomic E-state index is -4.12. The Hall–Kier alpha value is -3.36. The van der Waals surface area contributed by atoms with E-state index in [0.29, 0.717) is 28.4 Å². The van der Waals surface area contributed by atoms with E-state index in [4.69, 9.17) is 11.6 Å². The van der Waals surface area contributed by atoms with Crippen molar-refractivity contribution in [3.05, 3.63) is 94.0 Å². The van der Waals surface area contributed by atoms with Crippen LogP contribution in [0.1, 0.15) is 48.9 Å². The van der Waals surface area contributed by atoms with Crippen molar-refractivity contribution in [2.75, 3.05) is 17.4 Å². The Kier molecular flexibility index (Phi) is 10.8. The summed E-state index contributed by atoms with van der Waals surface area (Å²) in [5, 5.41) is 3.34. The van der Waals surface area contributed by atoms with Gasteiger partial charge in [0.2, 0.25) is 11.8 Å². The average molecular weight is 584 g/mol. The Morgan fingerprint density at radius 1 is 0.950 bits per heavy atom. The molecule has 3 aromatic rings. The molecule has 0 aromatic heterocycles. The molecule has 0 aliphatic rings. The lowest BCUT2D eigenvalue weighted by Crippen LogP contribution is -2.51. The zero-order valence-corrected chi connectivity index (χ0v) is 25.3. The molecular weight excluding hydrogens is 546 g/mol. The van der Waals surface area contributed by atoms with Gasteiger partial charge in [0.1, 0.15) is 12.6 Å². The molecule has 1 atom stereocenters. The van der Waals surface area contributed by atoms with E-state index in [1.165, 1.54) is 17.0 Å². The predicted octanol–water partition coefficient (Wildman–Crippen LogP) is 5.79. The number of rotatable bonds is 12. The van der Waals surface area contributed by atoms with Crippen LogP contribution in [0.25, 0.3) is 0 Å². The Balaban J connectivity index is 2.04. The van der Waals surface area contributed by atoms with Gasteiger partial charge in [-0.2, -0.15) is 0 Å². The van der Waals surface area contributed by atoms with Crippen LogP contribution in [0.2, 0.25) is 5.02 Å². The van der Waals surface area contributed by atoms with E-state index in [9.17, 15) is 18.0 Å². The molecule has 0 aliphatic heterocycles. The molecule has 214 valence electrons. The summed E-state index contributed by atoms with van der Waals surface area (Å²) < 4.78 is 29.1. The van der Waals surface area contributed by atoms with E-state index < -0.39 is 28.5 Å². The van der Waals surface area contributed by atoms with E-state index in [0.717, 1.165) is 28.3 Å². The molecule has 0 heterocycles. The van der Waals surface area contributed by atoms with Gasteiger partial charge in [0.05, 0.1) is 10.6 Å². The fourth-order valence-electron chi connectivity index (χ4n) is 4.36. The number of sulfonamides is 1. The molecule has 0 saturated heterocycles. The van der Waals surface area contributed by atoms with E-state index in [-0.39, 0.29) is 17.3 Å². The van der Waals surface area contributed by atoms with E-state index in [1.807, 2.05) is 39.8 Å². The first-order valence-electron chi connectivity index (χ1n) is 13.4. The van der Waals surface area contributed by atoms with Gasteiger partial charge in [-0.3, -0.25) is 13.9 Å². The molecule has 0 aliphatic carbocycles. The van der Waals surface area contributed by atoms with Crippen LogP contribution >= 0.6 is 11.6 Å². The number of nitrogens with zero attached hydrogens (tertiary/aromatic N) is 2. The first-order chi connectivity index (χ1) is 18.9. The van der Waals surface area contributed by atoms with Crippen LogP contribution in [-0.2, 0) is 26.2 Å². The van der Waals surface area contributed by atoms with Gasteiger partial charge in [-0.15, -0.1) is 0 Å². The van der Waals surface area contributed by atoms with Crippen molar-refractivity contribution in [3.63, 3.8) is 0 Å². The number of nitrogens with one attached hydrogen (secondary N) is 1. The number of hydrogen-bond acceptors (Lipinski definition) is 4. The minimum absolute atomic E-state index is 0.0478. The molecule has 0 fully saturated rings. The molecule has 0 bridgehead atoms. The monoisotopic (exact) mass is 583 g/mol. The molecule has 9 heteroatoms. The molecule has 2 amide bonds. The third-order valence-corrected chi connectivity index (χ3v) is 8.95. The maximum atomic E-state index is 14.0. The second-order valence-corrected chi connectivity index (χ2v) is 12.3. The average Bonchev–Trinajstić information content (AvgIpc) is 2.91. The maximum Gasteiger partial charge on any atom is 0.264 e. The van der Waals surface area contributed by atoms with Crippen LogP contribution < -0.4 is 9.62 Å². The smallest absolute Gasteiger partial charge is 0.264 e. The largest absolute Gasteiger partial charge is 0.354 e. The normalized spacial score (nSPS) is 12.1. The van der Waals surface area contributed by atoms with Crippen LogP contribution in [0.15, 0.2) is 71.6 Å². The summed E-state index contributed by atoms with van der Waals surface area (Å²) in [5.41, 5.74) is 3.66. The molecule has 7 nitrogen and oxygen atoms in total. The van der Waals surface area contributed by atoms with E-state index >= 15 is 0 Å². The van der Waals surface area contributed by atoms with E-state index in [2.05, 4.69) is 5.32 Å². The van der Waals surface area contributed by atoms with Crippen molar-refractivity contribution in [2.24, 2.45) is 0 Å². The Morgan fingerprint density at radius 2 is 1.60 bits per heavy atom. The summed E-state index contributed by atoms with van der Waals surface area (Å²) in [4.78, 5) is 28.6. The van der Waals surface area contributed by atoms with Gasteiger partial charge < -0.3 is 10.2 Å². The van der Waals surface area contributed by atoms with Crippen molar-refractivity contribution in [2.45, 2.75) is 64.9 Å². The number of hydrogen-bond donors (Lipinski definition) is 1. The Bertz CT molecular complexity index is 1440. The summed E-state index contributed by atoms with van der Waals surface area (Å²) in [6.45, 7) is 9.33. The van der Waals surface area contributed by atoms with Gasteiger partial charge in [-0.25, -0.2) is 8.42 Å². The lowest BCUT2D eigenvalue weighted by molar-refractivity contribution is -0.139. The molecule has 1 unspecified atom stereocenters. The lowest BCUT2D eigenvalue weighted by atomic mass is 10.1. The number of aryl methyl sites for hydroxylation is 3. The van der Waals surface area contributed by atoms with Gasteiger partial charge in [0, 0.05) is 18.1 Å². The lowest BCUT2D eigenvalue weighted by Gasteiger charge is -2.32. The molecule has 0 radical (unpaired) electrons. The highest BCUT2D eigenvalue weighted by atomic mass is 35.5. The van der Waals surface area contributed by atoms with Gasteiger partial charge in [-0.1, -0.05) is 78.5 Å². The Morgan fingerprint density at radius 3 is 2.23 bits per heavy atom. The zero-order valence-electron chi connectivity index (χ0n) is 23.8. The second kappa shape index (κ2) is 13.8. The van der Waals surface area contributed by atoms with Crippen LogP contribution in [0.3, 0.4) is 0 Å². The molecule has 0 spiro atoms. The maximum absolute atomic E-state index is 14.0. The van der Waals surface area contributed by atoms with Crippen molar-refractivity contribution < 1.29 is 18.0 Å². The fourth-order valence-corrected chi connectivity index (χ4v) is 6.04. The topological polar surface area (TPSA) is 86.8 Å². The number of halogens is 1. The van der Waals surface area contributed by atoms with Crippen LogP contribution in [-0.4, -0.2) is 44.3 Å². The predicted molar refractivity (Wildman–Crippen MR) is 161 cm³/mol. The summed E-state index contributed by atoms with van der Waals surface area (Å²) in [5.74, 6) is -0.831. The molecule has 3 rings (SSSR count). The first kappa shape index (κ1) is 31.2. The molecule has 0 saturated carbocycles. The Labute approximate surface area is 243 Å². The highest BCUT2D eigenvalue weighted by Crippen LogP contribution is 2.29. The van der Waals surface area contributed by atoms with Crippen LogP contribution in [0.4, 0.5) is 5.69 Å². The van der Waals surface area contributed by atoms with Gasteiger partial charge in [0.25, 0.3) is 10.0 Å². The number of anilines is 1. The zero-order chi connectivity index (χ0) is 29.4. The van der Waals surface area contributed by atoms with Crippen molar-refractivity contribution in [3.8, 4) is 0 Å². The van der Waals surface area contributed by atoms with Crippen molar-refractivity contribution in [1.82, 2.24) is 10.2 Å². The third kappa shape index (κ3) is 7.64. The van der Waals surface area contributed by atoms with Gasteiger partial charge >= 0.3 is 0 Å². The number of amides is 2. The quantitative estimate of drug-likeness (QED) is 0.273. The standard InChI is InChI=1S/C31H38ClN3O4S/c1-6-7-18-33-31(37)25(5)34(20-26-10-8-9-11-28(26)32)30(36)21-35(29-17-14-23(3)19-24(29)4)40(38,39)27-15-12-22(2)13-16-27/h8-17,19,25H,6-7,18,20-21H2,1-5H3,(H,33,37). The van der Waals surface area contributed by atoms with Crippen LogP contribution in [0.5, 0.6) is 0 Å². The summed E-state index contributed by atoms with van der Waals surface area (Å²) >= 11 is 6.42. The van der Waals surface area contributed by atoms with E-state index in [1.54, 1.807) is 49.4 Å².